The zero-order valence-electron chi connectivity index (χ0n) is 13.8. The van der Waals surface area contributed by atoms with Gasteiger partial charge >= 0.3 is 5.97 Å². The third-order valence-electron chi connectivity index (χ3n) is 4.31. The fourth-order valence-corrected chi connectivity index (χ4v) is 2.90. The molecule has 0 bridgehead atoms. The van der Waals surface area contributed by atoms with Crippen LogP contribution < -0.4 is 5.32 Å². The molecule has 0 aliphatic heterocycles. The average molecular weight is 341 g/mol. The maximum absolute atomic E-state index is 12.9. The second-order valence-corrected chi connectivity index (χ2v) is 6.20. The van der Waals surface area contributed by atoms with Crippen LogP contribution in [0.15, 0.2) is 48.5 Å². The predicted molar refractivity (Wildman–Crippen MR) is 93.1 cm³/mol. The highest BCUT2D eigenvalue weighted by Crippen LogP contribution is 2.22. The molecule has 2 aromatic carbocycles. The van der Waals surface area contributed by atoms with Gasteiger partial charge in [-0.05, 0) is 74.2 Å². The van der Waals surface area contributed by atoms with Gasteiger partial charge < -0.3 is 10.1 Å². The molecule has 5 heteroatoms. The summed E-state index contributed by atoms with van der Waals surface area (Å²) in [6.45, 7) is 0. The summed E-state index contributed by atoms with van der Waals surface area (Å²) in [7, 11) is 0. The molecule has 1 saturated carbocycles. The molecule has 0 radical (unpaired) electrons. The molecule has 0 saturated heterocycles. The number of carbonyl (C=O) groups is 2. The Bertz CT molecular complexity index is 735. The van der Waals surface area contributed by atoms with Gasteiger partial charge in [0.05, 0.1) is 5.56 Å². The Hall–Kier alpha value is -2.69. The predicted octanol–water partition coefficient (Wildman–Crippen LogP) is 4.57. The molecule has 0 unspecified atom stereocenters. The van der Waals surface area contributed by atoms with Crippen molar-refractivity contribution in [2.75, 3.05) is 5.32 Å². The zero-order chi connectivity index (χ0) is 17.6. The summed E-state index contributed by atoms with van der Waals surface area (Å²) in [4.78, 5) is 24.2. The quantitative estimate of drug-likeness (QED) is 0.829. The van der Waals surface area contributed by atoms with Crippen LogP contribution >= 0.6 is 0 Å². The van der Waals surface area contributed by atoms with Crippen molar-refractivity contribution in [3.8, 4) is 0 Å². The van der Waals surface area contributed by atoms with E-state index >= 15 is 0 Å². The van der Waals surface area contributed by atoms with Gasteiger partial charge in [0.1, 0.15) is 11.9 Å². The average Bonchev–Trinajstić information content (AvgIpc) is 2.63. The molecule has 0 spiro atoms. The number of carbonyl (C=O) groups excluding carboxylic acids is 2. The van der Waals surface area contributed by atoms with E-state index in [4.69, 9.17) is 4.74 Å². The molecule has 1 amide bonds. The Morgan fingerprint density at radius 2 is 1.48 bits per heavy atom. The Balaban J connectivity index is 1.58. The molecule has 1 aliphatic rings. The van der Waals surface area contributed by atoms with Gasteiger partial charge in [0.2, 0.25) is 0 Å². The first kappa shape index (κ1) is 17.1. The van der Waals surface area contributed by atoms with Crippen molar-refractivity contribution in [1.29, 1.82) is 0 Å². The maximum Gasteiger partial charge on any atom is 0.338 e. The number of ether oxygens (including phenoxy) is 1. The molecule has 0 atom stereocenters. The minimum atomic E-state index is -0.391. The van der Waals surface area contributed by atoms with Crippen molar-refractivity contribution in [3.05, 3.63) is 65.5 Å². The minimum absolute atomic E-state index is 0.0131. The van der Waals surface area contributed by atoms with Crippen LogP contribution in [-0.2, 0) is 4.74 Å². The molecule has 3 rings (SSSR count). The molecule has 1 N–H and O–H groups in total. The molecule has 2 aromatic rings. The molecular formula is C20H20FNO3. The van der Waals surface area contributed by atoms with Crippen LogP contribution in [0.25, 0.3) is 0 Å². The normalized spacial score (nSPS) is 14.8. The van der Waals surface area contributed by atoms with Gasteiger partial charge in [-0.1, -0.05) is 6.42 Å². The number of benzene rings is 2. The number of halogens is 1. The van der Waals surface area contributed by atoms with Crippen LogP contribution in [0, 0.1) is 5.82 Å². The van der Waals surface area contributed by atoms with Gasteiger partial charge in [-0.15, -0.1) is 0 Å². The van der Waals surface area contributed by atoms with E-state index in [1.54, 1.807) is 24.3 Å². The second-order valence-electron chi connectivity index (χ2n) is 6.20. The Morgan fingerprint density at radius 1 is 0.880 bits per heavy atom. The van der Waals surface area contributed by atoms with E-state index in [0.29, 0.717) is 16.8 Å². The molecular weight excluding hydrogens is 321 g/mol. The third kappa shape index (κ3) is 4.66. The van der Waals surface area contributed by atoms with Crippen molar-refractivity contribution in [2.24, 2.45) is 0 Å². The lowest BCUT2D eigenvalue weighted by Crippen LogP contribution is -2.20. The number of anilines is 1. The Kier molecular flexibility index (Phi) is 5.43. The zero-order valence-corrected chi connectivity index (χ0v) is 13.8. The van der Waals surface area contributed by atoms with Crippen molar-refractivity contribution < 1.29 is 18.7 Å². The van der Waals surface area contributed by atoms with E-state index in [9.17, 15) is 14.0 Å². The Morgan fingerprint density at radius 3 is 2.12 bits per heavy atom. The van der Waals surface area contributed by atoms with Crippen LogP contribution in [0.1, 0.15) is 52.8 Å². The number of amides is 1. The molecule has 0 heterocycles. The van der Waals surface area contributed by atoms with Crippen LogP contribution in [0.2, 0.25) is 0 Å². The van der Waals surface area contributed by atoms with E-state index in [1.165, 1.54) is 30.7 Å². The van der Waals surface area contributed by atoms with E-state index < -0.39 is 5.82 Å². The SMILES string of the molecule is O=C(Nc1ccc(C(=O)OC2CCCCC2)cc1)c1ccc(F)cc1. The topological polar surface area (TPSA) is 55.4 Å². The standard InChI is InChI=1S/C20H20FNO3/c21-16-10-6-14(7-11-16)19(23)22-17-12-8-15(9-13-17)20(24)25-18-4-2-1-3-5-18/h6-13,18H,1-5H2,(H,22,23). The molecule has 0 aromatic heterocycles. The fraction of sp³-hybridized carbons (Fsp3) is 0.300. The van der Waals surface area contributed by atoms with E-state index in [2.05, 4.69) is 5.32 Å². The lowest BCUT2D eigenvalue weighted by molar-refractivity contribution is 0.0211. The molecule has 130 valence electrons. The monoisotopic (exact) mass is 341 g/mol. The number of esters is 1. The minimum Gasteiger partial charge on any atom is -0.459 e. The lowest BCUT2D eigenvalue weighted by Gasteiger charge is -2.21. The smallest absolute Gasteiger partial charge is 0.338 e. The summed E-state index contributed by atoms with van der Waals surface area (Å²) >= 11 is 0. The first-order chi connectivity index (χ1) is 12.1. The van der Waals surface area contributed by atoms with Crippen LogP contribution in [-0.4, -0.2) is 18.0 Å². The van der Waals surface area contributed by atoms with Crippen LogP contribution in [0.3, 0.4) is 0 Å². The number of hydrogen-bond donors (Lipinski definition) is 1. The van der Waals surface area contributed by atoms with Crippen molar-refractivity contribution in [2.45, 2.75) is 38.2 Å². The summed E-state index contributed by atoms with van der Waals surface area (Å²) in [5.41, 5.74) is 1.39. The van der Waals surface area contributed by atoms with Gasteiger partial charge in [-0.2, -0.15) is 0 Å². The number of rotatable bonds is 4. The van der Waals surface area contributed by atoms with Gasteiger partial charge in [0.25, 0.3) is 5.91 Å². The summed E-state index contributed by atoms with van der Waals surface area (Å²) in [6, 6.07) is 11.9. The van der Waals surface area contributed by atoms with Crippen LogP contribution in [0.4, 0.5) is 10.1 Å². The maximum atomic E-state index is 12.9. The number of nitrogens with one attached hydrogen (secondary N) is 1. The van der Waals surface area contributed by atoms with E-state index in [0.717, 1.165) is 25.7 Å². The largest absolute Gasteiger partial charge is 0.459 e. The molecule has 4 nitrogen and oxygen atoms in total. The summed E-state index contributed by atoms with van der Waals surface area (Å²) in [6.07, 6.45) is 5.28. The summed E-state index contributed by atoms with van der Waals surface area (Å²) in [5, 5.41) is 2.71. The third-order valence-corrected chi connectivity index (χ3v) is 4.31. The lowest BCUT2D eigenvalue weighted by atomic mass is 9.98. The fourth-order valence-electron chi connectivity index (χ4n) is 2.90. The van der Waals surface area contributed by atoms with Crippen molar-refractivity contribution in [1.82, 2.24) is 0 Å². The molecule has 1 fully saturated rings. The van der Waals surface area contributed by atoms with E-state index in [1.807, 2.05) is 0 Å². The highest BCUT2D eigenvalue weighted by molar-refractivity contribution is 6.04. The second kappa shape index (κ2) is 7.92. The first-order valence-corrected chi connectivity index (χ1v) is 8.50. The summed E-state index contributed by atoms with van der Waals surface area (Å²) in [5.74, 6) is -1.06. The highest BCUT2D eigenvalue weighted by Gasteiger charge is 2.18. The Labute approximate surface area is 146 Å². The van der Waals surface area contributed by atoms with Crippen LogP contribution in [0.5, 0.6) is 0 Å². The molecule has 1 aliphatic carbocycles. The number of hydrogen-bond acceptors (Lipinski definition) is 3. The van der Waals surface area contributed by atoms with Crippen molar-refractivity contribution in [3.63, 3.8) is 0 Å². The van der Waals surface area contributed by atoms with Gasteiger partial charge in [-0.25, -0.2) is 9.18 Å². The van der Waals surface area contributed by atoms with Crippen molar-refractivity contribution >= 4 is 17.6 Å². The summed E-state index contributed by atoms with van der Waals surface area (Å²) < 4.78 is 18.4. The van der Waals surface area contributed by atoms with Gasteiger partial charge in [0, 0.05) is 11.3 Å². The molecule has 25 heavy (non-hydrogen) atoms. The highest BCUT2D eigenvalue weighted by atomic mass is 19.1. The first-order valence-electron chi connectivity index (χ1n) is 8.50. The van der Waals surface area contributed by atoms with Gasteiger partial charge in [-0.3, -0.25) is 4.79 Å². The van der Waals surface area contributed by atoms with Gasteiger partial charge in [0.15, 0.2) is 0 Å². The van der Waals surface area contributed by atoms with E-state index in [-0.39, 0.29) is 18.0 Å².